The molecule has 0 aromatic heterocycles. The highest BCUT2D eigenvalue weighted by atomic mass is 32.1. The SMILES string of the molecule is CCOC(=O)C(=NOCC(=S)C=C=S)OCC. The third-order valence-corrected chi connectivity index (χ3v) is 1.66. The molecule has 0 fully saturated rings. The minimum absolute atomic E-state index is 0.0228. The van der Waals surface area contributed by atoms with E-state index in [9.17, 15) is 4.79 Å². The first-order valence-corrected chi connectivity index (χ1v) is 5.70. The molecule has 94 valence electrons. The zero-order valence-corrected chi connectivity index (χ0v) is 11.2. The van der Waals surface area contributed by atoms with Crippen LogP contribution in [-0.4, -0.2) is 41.6 Å². The number of thiocarbonyl (C=S) groups is 2. The van der Waals surface area contributed by atoms with Gasteiger partial charge in [0.1, 0.15) is 0 Å². The summed E-state index contributed by atoms with van der Waals surface area (Å²) in [5.74, 6) is -0.908. The summed E-state index contributed by atoms with van der Waals surface area (Å²) in [6.07, 6.45) is 1.41. The Labute approximate surface area is 110 Å². The van der Waals surface area contributed by atoms with Crippen LogP contribution in [0.4, 0.5) is 0 Å². The molecular weight excluding hydrogens is 262 g/mol. The summed E-state index contributed by atoms with van der Waals surface area (Å²) in [6.45, 7) is 3.94. The van der Waals surface area contributed by atoms with Gasteiger partial charge in [0, 0.05) is 6.08 Å². The van der Waals surface area contributed by atoms with Gasteiger partial charge in [-0.15, -0.1) is 0 Å². The highest BCUT2D eigenvalue weighted by Crippen LogP contribution is 1.92. The average Bonchev–Trinajstić information content (AvgIpc) is 2.28. The van der Waals surface area contributed by atoms with Gasteiger partial charge in [0.05, 0.1) is 18.1 Å². The van der Waals surface area contributed by atoms with Crippen LogP contribution in [0.15, 0.2) is 11.2 Å². The molecule has 0 amide bonds. The van der Waals surface area contributed by atoms with Crippen LogP contribution in [0.5, 0.6) is 0 Å². The first-order chi connectivity index (χ1) is 8.15. The fourth-order valence-electron chi connectivity index (χ4n) is 0.714. The highest BCUT2D eigenvalue weighted by Gasteiger charge is 2.14. The normalized spacial score (nSPS) is 10.1. The molecule has 0 bridgehead atoms. The van der Waals surface area contributed by atoms with Crippen LogP contribution in [0.2, 0.25) is 0 Å². The number of ether oxygens (including phenoxy) is 2. The number of hydrogen-bond donors (Lipinski definition) is 0. The summed E-state index contributed by atoms with van der Waals surface area (Å²) in [7, 11) is 0. The number of carbonyl (C=O) groups excluding carboxylic acids is 1. The van der Waals surface area contributed by atoms with Crippen LogP contribution in [-0.2, 0) is 19.1 Å². The lowest BCUT2D eigenvalue weighted by Crippen LogP contribution is -2.21. The van der Waals surface area contributed by atoms with Gasteiger partial charge < -0.3 is 14.3 Å². The molecule has 5 nitrogen and oxygen atoms in total. The molecule has 0 heterocycles. The van der Waals surface area contributed by atoms with Crippen molar-refractivity contribution in [1.82, 2.24) is 0 Å². The van der Waals surface area contributed by atoms with Crippen LogP contribution < -0.4 is 0 Å². The molecule has 0 aliphatic rings. The largest absolute Gasteiger partial charge is 0.471 e. The Morgan fingerprint density at radius 3 is 2.53 bits per heavy atom. The van der Waals surface area contributed by atoms with Gasteiger partial charge in [0.2, 0.25) is 0 Å². The number of carbonyl (C=O) groups is 1. The van der Waals surface area contributed by atoms with E-state index in [0.717, 1.165) is 0 Å². The monoisotopic (exact) mass is 275 g/mol. The van der Waals surface area contributed by atoms with E-state index in [1.165, 1.54) is 6.08 Å². The van der Waals surface area contributed by atoms with E-state index < -0.39 is 5.97 Å². The van der Waals surface area contributed by atoms with Gasteiger partial charge >= 0.3 is 11.9 Å². The van der Waals surface area contributed by atoms with Crippen molar-refractivity contribution in [2.75, 3.05) is 19.8 Å². The van der Waals surface area contributed by atoms with Crippen molar-refractivity contribution in [2.45, 2.75) is 13.8 Å². The fourth-order valence-corrected chi connectivity index (χ4v) is 1.04. The van der Waals surface area contributed by atoms with Gasteiger partial charge in [-0.05, 0) is 36.2 Å². The molecule has 17 heavy (non-hydrogen) atoms. The van der Waals surface area contributed by atoms with Crippen molar-refractivity contribution in [3.8, 4) is 0 Å². The number of rotatable bonds is 6. The van der Waals surface area contributed by atoms with Crippen molar-refractivity contribution in [3.63, 3.8) is 0 Å². The van der Waals surface area contributed by atoms with Crippen LogP contribution in [0.3, 0.4) is 0 Å². The lowest BCUT2D eigenvalue weighted by Gasteiger charge is -2.05. The van der Waals surface area contributed by atoms with Crippen LogP contribution in [0.1, 0.15) is 13.8 Å². The Bertz CT molecular complexity index is 348. The maximum absolute atomic E-state index is 11.3. The van der Waals surface area contributed by atoms with Gasteiger partial charge in [-0.1, -0.05) is 12.2 Å². The zero-order valence-electron chi connectivity index (χ0n) is 9.60. The lowest BCUT2D eigenvalue weighted by molar-refractivity contribution is -0.137. The maximum atomic E-state index is 11.3. The third kappa shape index (κ3) is 7.57. The topological polar surface area (TPSA) is 57.1 Å². The first kappa shape index (κ1) is 15.7. The summed E-state index contributed by atoms with van der Waals surface area (Å²) < 4.78 is 9.68. The predicted octanol–water partition coefficient (Wildman–Crippen LogP) is 1.44. The van der Waals surface area contributed by atoms with E-state index in [4.69, 9.17) is 26.5 Å². The van der Waals surface area contributed by atoms with Gasteiger partial charge in [-0.2, -0.15) is 0 Å². The van der Waals surface area contributed by atoms with E-state index in [-0.39, 0.29) is 25.7 Å². The van der Waals surface area contributed by atoms with Gasteiger partial charge in [-0.3, -0.25) is 0 Å². The summed E-state index contributed by atoms with van der Waals surface area (Å²) in [6, 6.07) is 0. The molecule has 0 saturated carbocycles. The zero-order chi connectivity index (χ0) is 13.1. The second kappa shape index (κ2) is 9.89. The molecular formula is C10H13NO4S2. The van der Waals surface area contributed by atoms with Crippen LogP contribution in [0, 0.1) is 0 Å². The Kier molecular flexibility index (Phi) is 9.14. The number of oxime groups is 1. The second-order valence-corrected chi connectivity index (χ2v) is 3.31. The summed E-state index contributed by atoms with van der Waals surface area (Å²) >= 11 is 9.32. The maximum Gasteiger partial charge on any atom is 0.397 e. The van der Waals surface area contributed by atoms with Crippen LogP contribution >= 0.6 is 24.4 Å². The smallest absolute Gasteiger partial charge is 0.397 e. The van der Waals surface area contributed by atoms with Crippen molar-refractivity contribution in [3.05, 3.63) is 6.08 Å². The number of nitrogens with zero attached hydrogens (tertiary/aromatic N) is 1. The minimum Gasteiger partial charge on any atom is -0.471 e. The number of esters is 1. The Morgan fingerprint density at radius 1 is 1.35 bits per heavy atom. The van der Waals surface area contributed by atoms with Gasteiger partial charge in [0.15, 0.2) is 6.61 Å². The number of hydrogen-bond acceptors (Lipinski definition) is 7. The molecule has 0 radical (unpaired) electrons. The standard InChI is InChI=1S/C10H13NO4S2/c1-3-13-9(10(12)14-4-2)11-15-7-8(17)5-6-16/h5H,3-4,7H2,1-2H3. The fraction of sp³-hybridized carbons (Fsp3) is 0.500. The Hall–Kier alpha value is -1.30. The van der Waals surface area contributed by atoms with Gasteiger partial charge in [0.25, 0.3) is 0 Å². The molecule has 0 spiro atoms. The van der Waals surface area contributed by atoms with E-state index in [1.54, 1.807) is 13.8 Å². The lowest BCUT2D eigenvalue weighted by atomic mass is 10.4. The first-order valence-electron chi connectivity index (χ1n) is 4.89. The minimum atomic E-state index is -0.675. The van der Waals surface area contributed by atoms with E-state index in [2.05, 4.69) is 22.4 Å². The molecule has 0 atom stereocenters. The summed E-state index contributed by atoms with van der Waals surface area (Å²) in [5.41, 5.74) is 0. The van der Waals surface area contributed by atoms with Crippen LogP contribution in [0.25, 0.3) is 0 Å². The third-order valence-electron chi connectivity index (χ3n) is 1.31. The quantitative estimate of drug-likeness (QED) is 0.183. The van der Waals surface area contributed by atoms with E-state index in [0.29, 0.717) is 4.86 Å². The van der Waals surface area contributed by atoms with Crippen molar-refractivity contribution < 1.29 is 19.1 Å². The Balaban J connectivity index is 4.34. The van der Waals surface area contributed by atoms with Crippen molar-refractivity contribution >= 4 is 46.2 Å². The predicted molar refractivity (Wildman–Crippen MR) is 71.4 cm³/mol. The van der Waals surface area contributed by atoms with E-state index >= 15 is 0 Å². The highest BCUT2D eigenvalue weighted by molar-refractivity contribution is 7.81. The molecule has 0 unspecified atom stereocenters. The van der Waals surface area contributed by atoms with Crippen molar-refractivity contribution in [1.29, 1.82) is 0 Å². The van der Waals surface area contributed by atoms with Crippen molar-refractivity contribution in [2.24, 2.45) is 5.16 Å². The van der Waals surface area contributed by atoms with Gasteiger partial charge in [-0.25, -0.2) is 4.79 Å². The second-order valence-electron chi connectivity index (χ2n) is 2.55. The molecule has 0 rings (SSSR count). The summed E-state index contributed by atoms with van der Waals surface area (Å²) in [4.78, 5) is 16.6. The average molecular weight is 275 g/mol. The molecule has 0 aliphatic heterocycles. The Morgan fingerprint density at radius 2 is 2.00 bits per heavy atom. The molecule has 0 aromatic rings. The molecule has 7 heteroatoms. The van der Waals surface area contributed by atoms with E-state index in [1.807, 2.05) is 0 Å². The molecule has 0 saturated heterocycles. The summed E-state index contributed by atoms with van der Waals surface area (Å²) in [5, 5.41) is 5.84. The molecule has 0 N–H and O–H groups in total. The molecule has 0 aromatic carbocycles. The molecule has 0 aliphatic carbocycles.